The number of benzene rings is 2. The van der Waals surface area contributed by atoms with E-state index in [-0.39, 0.29) is 36.7 Å². The number of ether oxygens (including phenoxy) is 1. The minimum atomic E-state index is -0.755. The second-order valence-corrected chi connectivity index (χ2v) is 14.8. The highest BCUT2D eigenvalue weighted by Crippen LogP contribution is 2.37. The van der Waals surface area contributed by atoms with Crippen LogP contribution in [0.5, 0.6) is 0 Å². The number of esters is 1. The van der Waals surface area contributed by atoms with Crippen LogP contribution >= 0.6 is 0 Å². The number of carbonyl (C=O) groups is 2. The molecule has 1 fully saturated rings. The van der Waals surface area contributed by atoms with E-state index in [9.17, 15) is 14.4 Å². The molecule has 1 aliphatic heterocycles. The van der Waals surface area contributed by atoms with Gasteiger partial charge in [0, 0.05) is 44.2 Å². The molecular weight excluding hydrogens is 591 g/mol. The van der Waals surface area contributed by atoms with Crippen LogP contribution in [0.2, 0.25) is 0 Å². The fraction of sp³-hybridized carbons (Fsp3) is 0.525. The third-order valence-electron chi connectivity index (χ3n) is 9.46. The van der Waals surface area contributed by atoms with E-state index in [4.69, 9.17) is 4.74 Å². The van der Waals surface area contributed by atoms with Crippen molar-refractivity contribution in [2.24, 2.45) is 11.3 Å². The third kappa shape index (κ3) is 8.86. The highest BCUT2D eigenvalue weighted by molar-refractivity contribution is 5.84. The van der Waals surface area contributed by atoms with Crippen molar-refractivity contribution >= 4 is 11.8 Å². The Balaban J connectivity index is 1.72. The lowest BCUT2D eigenvalue weighted by molar-refractivity contribution is -0.143. The highest BCUT2D eigenvalue weighted by atomic mass is 19.1. The summed E-state index contributed by atoms with van der Waals surface area (Å²) in [5.74, 6) is -1.73. The Morgan fingerprint density at radius 1 is 0.957 bits per heavy atom. The first-order valence-corrected chi connectivity index (χ1v) is 17.1. The number of aromatic nitrogens is 1. The zero-order chi connectivity index (χ0) is 34.6. The molecule has 0 bridgehead atoms. The number of hydrogen-bond donors (Lipinski definition) is 0. The smallest absolute Gasteiger partial charge is 0.306 e. The molecule has 1 aliphatic rings. The van der Waals surface area contributed by atoms with Crippen LogP contribution in [0.3, 0.4) is 0 Å². The number of aryl methyl sites for hydroxylation is 4. The minimum absolute atomic E-state index is 0.0960. The summed E-state index contributed by atoms with van der Waals surface area (Å²) in [6, 6.07) is 10.5. The number of rotatable bonds is 14. The standard InChI is InChI=1S/C40H53FN2O4/c1-10-47-37(46)21-31(33-19-32(17-29(7)39(33)41)38-26(4)12-11-13-27(38)5)20-35(44)34(16-25(2)3)43-22-30(28(6)18-36(43)45)14-15-42-23-40(8,9)24-42/h11-13,17-19,22,25,31,34H,10,14-16,20-21,23-24H2,1-9H3/t31-,34?/m0/s1. The molecule has 47 heavy (non-hydrogen) atoms. The molecule has 0 saturated carbocycles. The molecule has 1 unspecified atom stereocenters. The maximum absolute atomic E-state index is 16.0. The van der Waals surface area contributed by atoms with Gasteiger partial charge in [-0.25, -0.2) is 4.39 Å². The van der Waals surface area contributed by atoms with Gasteiger partial charge in [-0.15, -0.1) is 0 Å². The molecule has 1 aromatic heterocycles. The van der Waals surface area contributed by atoms with Gasteiger partial charge in [0.15, 0.2) is 5.78 Å². The summed E-state index contributed by atoms with van der Waals surface area (Å²) >= 11 is 0. The number of pyridine rings is 1. The summed E-state index contributed by atoms with van der Waals surface area (Å²) in [4.78, 5) is 43.1. The zero-order valence-corrected chi connectivity index (χ0v) is 29.8. The topological polar surface area (TPSA) is 68.6 Å². The zero-order valence-electron chi connectivity index (χ0n) is 29.8. The molecule has 3 aromatic rings. The number of nitrogens with zero attached hydrogens (tertiary/aromatic N) is 2. The predicted molar refractivity (Wildman–Crippen MR) is 188 cm³/mol. The lowest BCUT2D eigenvalue weighted by Gasteiger charge is -2.46. The largest absolute Gasteiger partial charge is 0.466 e. The summed E-state index contributed by atoms with van der Waals surface area (Å²) in [7, 11) is 0. The van der Waals surface area contributed by atoms with Crippen molar-refractivity contribution in [1.82, 2.24) is 9.47 Å². The average molecular weight is 645 g/mol. The summed E-state index contributed by atoms with van der Waals surface area (Å²) in [5, 5.41) is 0. The van der Waals surface area contributed by atoms with Crippen LogP contribution in [0.1, 0.15) is 99.2 Å². The minimum Gasteiger partial charge on any atom is -0.466 e. The van der Waals surface area contributed by atoms with Gasteiger partial charge in [-0.2, -0.15) is 0 Å². The molecule has 0 radical (unpaired) electrons. The third-order valence-corrected chi connectivity index (χ3v) is 9.46. The summed E-state index contributed by atoms with van der Waals surface area (Å²) in [5.41, 5.74) is 6.82. The fourth-order valence-corrected chi connectivity index (χ4v) is 7.24. The number of likely N-dealkylation sites (tertiary alicyclic amines) is 1. The summed E-state index contributed by atoms with van der Waals surface area (Å²) < 4.78 is 22.9. The van der Waals surface area contributed by atoms with Crippen LogP contribution in [-0.4, -0.2) is 47.5 Å². The van der Waals surface area contributed by atoms with Gasteiger partial charge in [-0.3, -0.25) is 14.4 Å². The van der Waals surface area contributed by atoms with E-state index in [1.54, 1.807) is 30.5 Å². The van der Waals surface area contributed by atoms with Gasteiger partial charge in [0.1, 0.15) is 5.82 Å². The van der Waals surface area contributed by atoms with E-state index in [0.717, 1.165) is 59.4 Å². The monoisotopic (exact) mass is 644 g/mol. The lowest BCUT2D eigenvalue weighted by atomic mass is 9.83. The van der Waals surface area contributed by atoms with Gasteiger partial charge in [0.05, 0.1) is 19.1 Å². The molecule has 6 nitrogen and oxygen atoms in total. The van der Waals surface area contributed by atoms with E-state index >= 15 is 4.39 Å². The van der Waals surface area contributed by atoms with Crippen LogP contribution in [0.4, 0.5) is 4.39 Å². The van der Waals surface area contributed by atoms with Gasteiger partial charge in [-0.1, -0.05) is 45.9 Å². The van der Waals surface area contributed by atoms with Crippen molar-refractivity contribution in [2.75, 3.05) is 26.2 Å². The molecule has 2 heterocycles. The molecule has 0 amide bonds. The van der Waals surface area contributed by atoms with Gasteiger partial charge < -0.3 is 14.2 Å². The number of carbonyl (C=O) groups excluding carboxylic acids is 2. The molecule has 0 aliphatic carbocycles. The van der Waals surface area contributed by atoms with Crippen molar-refractivity contribution < 1.29 is 18.7 Å². The highest BCUT2D eigenvalue weighted by Gasteiger charge is 2.34. The molecule has 0 N–H and O–H groups in total. The van der Waals surface area contributed by atoms with Crippen LogP contribution in [-0.2, 0) is 20.7 Å². The first-order valence-electron chi connectivity index (χ1n) is 17.1. The Morgan fingerprint density at radius 3 is 2.21 bits per heavy atom. The molecule has 254 valence electrons. The van der Waals surface area contributed by atoms with E-state index in [1.165, 1.54) is 0 Å². The molecule has 2 atom stereocenters. The second-order valence-electron chi connectivity index (χ2n) is 14.8. The Hall–Kier alpha value is -3.58. The van der Waals surface area contributed by atoms with E-state index in [1.807, 2.05) is 65.1 Å². The van der Waals surface area contributed by atoms with Crippen molar-refractivity contribution in [2.45, 2.75) is 100.0 Å². The number of hydrogen-bond acceptors (Lipinski definition) is 5. The van der Waals surface area contributed by atoms with Crippen molar-refractivity contribution in [3.8, 4) is 11.1 Å². The van der Waals surface area contributed by atoms with Gasteiger partial charge >= 0.3 is 5.97 Å². The number of halogens is 1. The Kier molecular flexibility index (Phi) is 11.7. The van der Waals surface area contributed by atoms with Crippen LogP contribution in [0, 0.1) is 44.8 Å². The predicted octanol–water partition coefficient (Wildman–Crippen LogP) is 8.06. The SMILES string of the molecule is CCOC(=O)C[C@H](CC(=O)C(CC(C)C)n1cc(CCN2CC(C)(C)C2)c(C)cc1=O)c1cc(-c2c(C)cccc2C)cc(C)c1F. The maximum Gasteiger partial charge on any atom is 0.306 e. The molecule has 4 rings (SSSR count). The van der Waals surface area contributed by atoms with Gasteiger partial charge in [0.2, 0.25) is 0 Å². The Morgan fingerprint density at radius 2 is 1.62 bits per heavy atom. The summed E-state index contributed by atoms with van der Waals surface area (Å²) in [6.07, 6.45) is 2.87. The van der Waals surface area contributed by atoms with Crippen LogP contribution < -0.4 is 5.56 Å². The van der Waals surface area contributed by atoms with Crippen molar-refractivity contribution in [1.29, 1.82) is 0 Å². The average Bonchev–Trinajstić information content (AvgIpc) is 2.96. The van der Waals surface area contributed by atoms with Crippen LogP contribution in [0.15, 0.2) is 47.4 Å². The van der Waals surface area contributed by atoms with E-state index in [2.05, 4.69) is 18.7 Å². The quantitative estimate of drug-likeness (QED) is 0.166. The molecule has 2 aromatic carbocycles. The van der Waals surface area contributed by atoms with Crippen molar-refractivity contribution in [3.63, 3.8) is 0 Å². The summed E-state index contributed by atoms with van der Waals surface area (Å²) in [6.45, 7) is 21.2. The second kappa shape index (κ2) is 15.1. The fourth-order valence-electron chi connectivity index (χ4n) is 7.24. The molecule has 7 heteroatoms. The maximum atomic E-state index is 16.0. The lowest BCUT2D eigenvalue weighted by Crippen LogP contribution is -2.53. The van der Waals surface area contributed by atoms with Crippen LogP contribution in [0.25, 0.3) is 11.1 Å². The van der Waals surface area contributed by atoms with E-state index < -0.39 is 23.7 Å². The molecular formula is C40H53FN2O4. The van der Waals surface area contributed by atoms with Crippen molar-refractivity contribution in [3.05, 3.63) is 92.1 Å². The normalized spacial score (nSPS) is 15.7. The Bertz CT molecular complexity index is 1640. The van der Waals surface area contributed by atoms with Gasteiger partial charge in [-0.05, 0) is 115 Å². The number of ketones is 1. The first kappa shape index (κ1) is 36.3. The first-order chi connectivity index (χ1) is 22.1. The Labute approximate surface area is 280 Å². The molecule has 0 spiro atoms. The van der Waals surface area contributed by atoms with E-state index in [0.29, 0.717) is 23.0 Å². The van der Waals surface area contributed by atoms with Gasteiger partial charge in [0.25, 0.3) is 5.56 Å². The molecule has 1 saturated heterocycles. The number of Topliss-reactive ketones (excluding diaryl/α,β-unsaturated/α-hetero) is 1.